The van der Waals surface area contributed by atoms with Gasteiger partial charge >= 0.3 is 0 Å². The number of piperazine rings is 1. The Morgan fingerprint density at radius 3 is 2.81 bits per heavy atom. The molecule has 1 aliphatic heterocycles. The molecule has 7 heteroatoms. The van der Waals surface area contributed by atoms with E-state index in [0.29, 0.717) is 18.8 Å². The number of carbonyl (C=O) groups is 2. The summed E-state index contributed by atoms with van der Waals surface area (Å²) < 4.78 is 4.70. The molecule has 2 fully saturated rings. The first-order chi connectivity index (χ1) is 10.1. The molecule has 1 aliphatic carbocycles. The van der Waals surface area contributed by atoms with Gasteiger partial charge < -0.3 is 14.7 Å². The molecule has 1 saturated heterocycles. The zero-order valence-corrected chi connectivity index (χ0v) is 12.2. The molecule has 1 atom stereocenters. The smallest absolute Gasteiger partial charge is 0.249 e. The van der Waals surface area contributed by atoms with Crippen molar-refractivity contribution < 1.29 is 14.1 Å². The van der Waals surface area contributed by atoms with Gasteiger partial charge in [-0.2, -0.15) is 4.98 Å². The molecule has 0 radical (unpaired) electrons. The van der Waals surface area contributed by atoms with Gasteiger partial charge in [0.2, 0.25) is 18.2 Å². The lowest BCUT2D eigenvalue weighted by Gasteiger charge is -2.46. The van der Waals surface area contributed by atoms with Crippen molar-refractivity contribution >= 4 is 11.8 Å². The quantitative estimate of drug-likeness (QED) is 0.884. The van der Waals surface area contributed by atoms with E-state index in [4.69, 9.17) is 4.52 Å². The maximum atomic E-state index is 12.9. The van der Waals surface area contributed by atoms with E-state index in [9.17, 15) is 9.59 Å². The Labute approximate surface area is 123 Å². The number of aromatic nitrogens is 2. The van der Waals surface area contributed by atoms with Crippen molar-refractivity contribution in [3.05, 3.63) is 12.2 Å². The van der Waals surface area contributed by atoms with Crippen molar-refractivity contribution in [1.29, 1.82) is 0 Å². The summed E-state index contributed by atoms with van der Waals surface area (Å²) >= 11 is 0. The number of amides is 2. The number of rotatable bonds is 3. The molecule has 0 aromatic carbocycles. The highest BCUT2D eigenvalue weighted by Gasteiger charge is 2.49. The van der Waals surface area contributed by atoms with E-state index in [1.807, 2.05) is 0 Å². The number of nitrogens with one attached hydrogen (secondary N) is 1. The molecule has 1 spiro atoms. The van der Waals surface area contributed by atoms with Gasteiger partial charge in [0.05, 0.1) is 0 Å². The molecule has 21 heavy (non-hydrogen) atoms. The summed E-state index contributed by atoms with van der Waals surface area (Å²) in [5.41, 5.74) is -0.681. The second kappa shape index (κ2) is 5.46. The molecule has 1 saturated carbocycles. The van der Waals surface area contributed by atoms with Gasteiger partial charge in [-0.05, 0) is 19.8 Å². The van der Waals surface area contributed by atoms with E-state index in [-0.39, 0.29) is 11.8 Å². The number of carbonyl (C=O) groups excluding carboxylic acids is 2. The molecule has 1 unspecified atom stereocenters. The highest BCUT2D eigenvalue weighted by molar-refractivity contribution is 5.99. The van der Waals surface area contributed by atoms with Crippen LogP contribution in [0, 0.1) is 0 Å². The summed E-state index contributed by atoms with van der Waals surface area (Å²) in [6.07, 6.45) is 6.34. The van der Waals surface area contributed by atoms with Crippen LogP contribution in [-0.4, -0.2) is 45.0 Å². The molecule has 2 amide bonds. The fourth-order valence-corrected chi connectivity index (χ4v) is 3.30. The zero-order chi connectivity index (χ0) is 14.9. The van der Waals surface area contributed by atoms with Crippen LogP contribution in [-0.2, 0) is 16.0 Å². The third-order valence-electron chi connectivity index (χ3n) is 4.57. The average Bonchev–Trinajstić information content (AvgIpc) is 3.00. The number of hydrogen-bond acceptors (Lipinski definition) is 5. The lowest BCUT2D eigenvalue weighted by Crippen LogP contribution is -2.70. The lowest BCUT2D eigenvalue weighted by molar-refractivity contribution is -0.155. The number of nitrogens with zero attached hydrogens (tertiary/aromatic N) is 3. The molecule has 114 valence electrons. The van der Waals surface area contributed by atoms with E-state index >= 15 is 0 Å². The number of hydrogen-bond donors (Lipinski definition) is 1. The van der Waals surface area contributed by atoms with Crippen molar-refractivity contribution in [1.82, 2.24) is 20.4 Å². The van der Waals surface area contributed by atoms with Crippen molar-refractivity contribution in [3.63, 3.8) is 0 Å². The Morgan fingerprint density at radius 1 is 1.38 bits per heavy atom. The van der Waals surface area contributed by atoms with Crippen molar-refractivity contribution in [2.75, 3.05) is 6.54 Å². The zero-order valence-electron chi connectivity index (χ0n) is 12.2. The van der Waals surface area contributed by atoms with Gasteiger partial charge in [0.25, 0.3) is 0 Å². The van der Waals surface area contributed by atoms with Crippen LogP contribution in [0.3, 0.4) is 0 Å². The van der Waals surface area contributed by atoms with Crippen LogP contribution in [0.1, 0.15) is 44.9 Å². The first-order valence-electron chi connectivity index (χ1n) is 7.51. The van der Waals surface area contributed by atoms with E-state index in [1.54, 1.807) is 11.8 Å². The maximum absolute atomic E-state index is 12.9. The first kappa shape index (κ1) is 14.0. The topological polar surface area (TPSA) is 88.3 Å². The van der Waals surface area contributed by atoms with Gasteiger partial charge in [0.15, 0.2) is 5.82 Å². The maximum Gasteiger partial charge on any atom is 0.249 e. The summed E-state index contributed by atoms with van der Waals surface area (Å²) in [4.78, 5) is 30.7. The van der Waals surface area contributed by atoms with Crippen LogP contribution in [0.2, 0.25) is 0 Å². The van der Waals surface area contributed by atoms with E-state index in [0.717, 1.165) is 32.1 Å². The van der Waals surface area contributed by atoms with Gasteiger partial charge in [-0.25, -0.2) is 0 Å². The molecule has 1 N–H and O–H groups in total. The van der Waals surface area contributed by atoms with E-state index in [1.165, 1.54) is 6.39 Å². The minimum absolute atomic E-state index is 0.0396. The molecule has 1 aromatic heterocycles. The van der Waals surface area contributed by atoms with Crippen molar-refractivity contribution in [2.45, 2.75) is 57.0 Å². The first-order valence-corrected chi connectivity index (χ1v) is 7.51. The highest BCUT2D eigenvalue weighted by atomic mass is 16.5. The summed E-state index contributed by atoms with van der Waals surface area (Å²) in [6, 6.07) is -0.447. The Hall–Kier alpha value is -1.92. The molecule has 1 aromatic rings. The second-order valence-electron chi connectivity index (χ2n) is 5.90. The molecule has 0 bridgehead atoms. The molecule has 3 rings (SSSR count). The molecule has 2 heterocycles. The van der Waals surface area contributed by atoms with E-state index in [2.05, 4.69) is 15.5 Å². The third kappa shape index (κ3) is 2.52. The molecule has 2 aliphatic rings. The van der Waals surface area contributed by atoms with Crippen LogP contribution in [0.25, 0.3) is 0 Å². The highest BCUT2D eigenvalue weighted by Crippen LogP contribution is 2.33. The molecule has 7 nitrogen and oxygen atoms in total. The summed E-state index contributed by atoms with van der Waals surface area (Å²) in [6.45, 7) is 2.20. The normalized spacial score (nSPS) is 25.2. The van der Waals surface area contributed by atoms with Gasteiger partial charge in [0.1, 0.15) is 11.6 Å². The van der Waals surface area contributed by atoms with Gasteiger partial charge in [-0.1, -0.05) is 24.4 Å². The summed E-state index contributed by atoms with van der Waals surface area (Å²) in [5, 5.41) is 6.72. The largest absolute Gasteiger partial charge is 0.343 e. The Morgan fingerprint density at radius 2 is 2.14 bits per heavy atom. The van der Waals surface area contributed by atoms with E-state index < -0.39 is 11.6 Å². The molecular weight excluding hydrogens is 272 g/mol. The predicted octanol–water partition coefficient (Wildman–Crippen LogP) is 0.662. The Balaban J connectivity index is 1.76. The minimum atomic E-state index is -0.681. The van der Waals surface area contributed by atoms with Gasteiger partial charge in [-0.3, -0.25) is 9.59 Å². The third-order valence-corrected chi connectivity index (χ3v) is 4.57. The fraction of sp³-hybridized carbons (Fsp3) is 0.714. The fourth-order valence-electron chi connectivity index (χ4n) is 3.30. The monoisotopic (exact) mass is 292 g/mol. The van der Waals surface area contributed by atoms with Crippen molar-refractivity contribution in [3.8, 4) is 0 Å². The van der Waals surface area contributed by atoms with Crippen LogP contribution in [0.15, 0.2) is 10.9 Å². The van der Waals surface area contributed by atoms with Crippen molar-refractivity contribution in [2.24, 2.45) is 0 Å². The van der Waals surface area contributed by atoms with Crippen LogP contribution in [0.4, 0.5) is 0 Å². The average molecular weight is 292 g/mol. The molecular formula is C14H20N4O3. The summed E-state index contributed by atoms with van der Waals surface area (Å²) in [7, 11) is 0. The minimum Gasteiger partial charge on any atom is -0.343 e. The van der Waals surface area contributed by atoms with Gasteiger partial charge in [-0.15, -0.1) is 0 Å². The predicted molar refractivity (Wildman–Crippen MR) is 73.1 cm³/mol. The summed E-state index contributed by atoms with van der Waals surface area (Å²) in [5.74, 6) is 0.529. The standard InChI is InChI=1S/C14H20N4O3/c1-10-12(19)16-14(6-3-2-4-7-14)13(20)18(10)8-5-11-15-9-21-17-11/h9-10H,2-8H2,1H3,(H,16,19). The van der Waals surface area contributed by atoms with Crippen LogP contribution < -0.4 is 5.32 Å². The SMILES string of the molecule is CC1C(=O)NC2(CCCCC2)C(=O)N1CCc1ncon1. The Kier molecular flexibility index (Phi) is 3.65. The van der Waals surface area contributed by atoms with Crippen LogP contribution in [0.5, 0.6) is 0 Å². The second-order valence-corrected chi connectivity index (χ2v) is 5.90. The Bertz CT molecular complexity index is 522. The lowest BCUT2D eigenvalue weighted by atomic mass is 9.78. The van der Waals surface area contributed by atoms with Gasteiger partial charge in [0, 0.05) is 13.0 Å². The van der Waals surface area contributed by atoms with Crippen LogP contribution >= 0.6 is 0 Å².